The fraction of sp³-hybridized carbons (Fsp3) is 0.0667. The minimum Gasteiger partial charge on any atom is -0.482 e. The summed E-state index contributed by atoms with van der Waals surface area (Å²) >= 11 is 17.4. The van der Waals surface area contributed by atoms with E-state index in [1.807, 2.05) is 0 Å². The van der Waals surface area contributed by atoms with Gasteiger partial charge < -0.3 is 4.74 Å². The summed E-state index contributed by atoms with van der Waals surface area (Å²) in [4.78, 5) is 23.4. The fourth-order valence-electron chi connectivity index (χ4n) is 1.57. The lowest BCUT2D eigenvalue weighted by Crippen LogP contribution is -2.43. The number of ether oxygens (including phenoxy) is 1. The molecule has 0 heterocycles. The highest BCUT2D eigenvalue weighted by Gasteiger charge is 2.09. The van der Waals surface area contributed by atoms with E-state index in [1.54, 1.807) is 24.3 Å². The van der Waals surface area contributed by atoms with Gasteiger partial charge >= 0.3 is 0 Å². The summed E-state index contributed by atoms with van der Waals surface area (Å²) in [5.74, 6) is -0.752. The van der Waals surface area contributed by atoms with Crippen LogP contribution < -0.4 is 15.6 Å². The van der Waals surface area contributed by atoms with Crippen molar-refractivity contribution in [2.24, 2.45) is 0 Å². The largest absolute Gasteiger partial charge is 0.482 e. The number of halogens is 3. The Balaban J connectivity index is 1.82. The number of amides is 2. The maximum atomic E-state index is 11.8. The molecule has 0 atom stereocenters. The molecule has 2 amide bonds. The summed E-state index contributed by atoms with van der Waals surface area (Å²) < 4.78 is 5.24. The van der Waals surface area contributed by atoms with E-state index in [2.05, 4.69) is 10.9 Å². The van der Waals surface area contributed by atoms with Gasteiger partial charge in [0, 0.05) is 21.7 Å². The van der Waals surface area contributed by atoms with Crippen LogP contribution in [0.15, 0.2) is 42.5 Å². The van der Waals surface area contributed by atoms with E-state index in [-0.39, 0.29) is 12.4 Å². The van der Waals surface area contributed by atoms with Crippen molar-refractivity contribution in [3.8, 4) is 5.75 Å². The predicted molar refractivity (Wildman–Crippen MR) is 89.0 cm³/mol. The molecule has 0 fully saturated rings. The van der Waals surface area contributed by atoms with Gasteiger partial charge in [-0.2, -0.15) is 0 Å². The summed E-state index contributed by atoms with van der Waals surface area (Å²) in [6.07, 6.45) is 0. The van der Waals surface area contributed by atoms with Crippen LogP contribution in [0, 0.1) is 0 Å². The van der Waals surface area contributed by atoms with Crippen LogP contribution in [0.1, 0.15) is 10.4 Å². The zero-order valence-electron chi connectivity index (χ0n) is 11.6. The molecule has 120 valence electrons. The van der Waals surface area contributed by atoms with Crippen molar-refractivity contribution in [3.63, 3.8) is 0 Å². The standard InChI is InChI=1S/C15H11Cl3N2O3/c16-10-3-1-9(2-4-10)15(22)20-19-14(21)8-23-13-7-11(17)5-6-12(13)18/h1-7H,8H2,(H,19,21)(H,20,22). The van der Waals surface area contributed by atoms with Gasteiger partial charge in [0.25, 0.3) is 11.8 Å². The number of carbonyl (C=O) groups is 2. The van der Waals surface area contributed by atoms with E-state index in [0.29, 0.717) is 20.6 Å². The zero-order chi connectivity index (χ0) is 16.8. The lowest BCUT2D eigenvalue weighted by molar-refractivity contribution is -0.123. The normalized spacial score (nSPS) is 10.0. The van der Waals surface area contributed by atoms with Gasteiger partial charge in [-0.05, 0) is 36.4 Å². The molecule has 2 aromatic carbocycles. The molecule has 0 saturated carbocycles. The van der Waals surface area contributed by atoms with Crippen LogP contribution in [-0.4, -0.2) is 18.4 Å². The van der Waals surface area contributed by atoms with Crippen LogP contribution >= 0.6 is 34.8 Å². The molecule has 23 heavy (non-hydrogen) atoms. The van der Waals surface area contributed by atoms with Crippen LogP contribution in [0.5, 0.6) is 5.75 Å². The molecule has 0 aliphatic rings. The molecule has 0 aliphatic heterocycles. The summed E-state index contributed by atoms with van der Waals surface area (Å²) in [5, 5.41) is 1.27. The summed E-state index contributed by atoms with van der Waals surface area (Å²) in [5.41, 5.74) is 4.84. The Morgan fingerprint density at radius 1 is 0.913 bits per heavy atom. The van der Waals surface area contributed by atoms with Crippen molar-refractivity contribution in [2.45, 2.75) is 0 Å². The van der Waals surface area contributed by atoms with E-state index >= 15 is 0 Å². The third-order valence-corrected chi connectivity index (χ3v) is 3.47. The van der Waals surface area contributed by atoms with Crippen LogP contribution in [0.2, 0.25) is 15.1 Å². The van der Waals surface area contributed by atoms with Gasteiger partial charge in [-0.3, -0.25) is 20.4 Å². The highest BCUT2D eigenvalue weighted by molar-refractivity contribution is 6.34. The van der Waals surface area contributed by atoms with E-state index in [1.165, 1.54) is 18.2 Å². The van der Waals surface area contributed by atoms with E-state index < -0.39 is 11.8 Å². The number of benzene rings is 2. The van der Waals surface area contributed by atoms with Crippen molar-refractivity contribution < 1.29 is 14.3 Å². The predicted octanol–water partition coefficient (Wildman–Crippen LogP) is 3.49. The highest BCUT2D eigenvalue weighted by atomic mass is 35.5. The molecule has 0 aromatic heterocycles. The molecule has 2 N–H and O–H groups in total. The summed E-state index contributed by atoms with van der Waals surface area (Å²) in [6.45, 7) is -0.332. The van der Waals surface area contributed by atoms with E-state index in [9.17, 15) is 9.59 Å². The molecule has 5 nitrogen and oxygen atoms in total. The first-order valence-electron chi connectivity index (χ1n) is 6.38. The molecule has 2 aromatic rings. The molecular weight excluding hydrogens is 363 g/mol. The molecule has 0 bridgehead atoms. The van der Waals surface area contributed by atoms with Gasteiger partial charge in [-0.25, -0.2) is 0 Å². The Bertz CT molecular complexity index is 720. The van der Waals surface area contributed by atoms with Gasteiger partial charge in [0.05, 0.1) is 5.02 Å². The summed E-state index contributed by atoms with van der Waals surface area (Å²) in [7, 11) is 0. The third-order valence-electron chi connectivity index (χ3n) is 2.67. The highest BCUT2D eigenvalue weighted by Crippen LogP contribution is 2.27. The van der Waals surface area contributed by atoms with Crippen LogP contribution in [-0.2, 0) is 4.79 Å². The van der Waals surface area contributed by atoms with Crippen LogP contribution in [0.25, 0.3) is 0 Å². The lowest BCUT2D eigenvalue weighted by Gasteiger charge is -2.10. The second-order valence-corrected chi connectivity index (χ2v) is 5.65. The third kappa shape index (κ3) is 5.32. The fourth-order valence-corrected chi connectivity index (χ4v) is 2.03. The monoisotopic (exact) mass is 372 g/mol. The van der Waals surface area contributed by atoms with Gasteiger partial charge in [-0.1, -0.05) is 34.8 Å². The molecule has 0 aliphatic carbocycles. The molecule has 0 spiro atoms. The second-order valence-electron chi connectivity index (χ2n) is 4.37. The average Bonchev–Trinajstić information content (AvgIpc) is 2.54. The molecule has 0 saturated heterocycles. The molecular formula is C15H11Cl3N2O3. The number of hydrogen-bond donors (Lipinski definition) is 2. The number of hydrazine groups is 1. The Kier molecular flexibility index (Phi) is 6.10. The van der Waals surface area contributed by atoms with Gasteiger partial charge in [0.2, 0.25) is 0 Å². The Morgan fingerprint density at radius 3 is 2.26 bits per heavy atom. The molecule has 0 radical (unpaired) electrons. The number of nitrogens with one attached hydrogen (secondary N) is 2. The number of carbonyl (C=O) groups excluding carboxylic acids is 2. The van der Waals surface area contributed by atoms with Crippen molar-refractivity contribution in [1.82, 2.24) is 10.9 Å². The van der Waals surface area contributed by atoms with Crippen molar-refractivity contribution in [3.05, 3.63) is 63.1 Å². The summed E-state index contributed by atoms with van der Waals surface area (Å²) in [6, 6.07) is 10.9. The van der Waals surface area contributed by atoms with Crippen LogP contribution in [0.4, 0.5) is 0 Å². The number of rotatable bonds is 4. The molecule has 2 rings (SSSR count). The average molecular weight is 374 g/mol. The second kappa shape index (κ2) is 8.06. The van der Waals surface area contributed by atoms with Gasteiger partial charge in [0.15, 0.2) is 6.61 Å². The Hall–Kier alpha value is -1.95. The van der Waals surface area contributed by atoms with E-state index in [0.717, 1.165) is 0 Å². The van der Waals surface area contributed by atoms with Crippen molar-refractivity contribution >= 4 is 46.6 Å². The lowest BCUT2D eigenvalue weighted by atomic mass is 10.2. The first kappa shape index (κ1) is 17.4. The SMILES string of the molecule is O=C(COc1cc(Cl)ccc1Cl)NNC(=O)c1ccc(Cl)cc1. The number of hydrogen-bond acceptors (Lipinski definition) is 3. The smallest absolute Gasteiger partial charge is 0.276 e. The first-order chi connectivity index (χ1) is 11.0. The minimum atomic E-state index is -0.552. The molecule has 8 heteroatoms. The van der Waals surface area contributed by atoms with Gasteiger partial charge in [-0.15, -0.1) is 0 Å². The maximum absolute atomic E-state index is 11.8. The van der Waals surface area contributed by atoms with E-state index in [4.69, 9.17) is 39.5 Å². The minimum absolute atomic E-state index is 0.276. The Morgan fingerprint density at radius 2 is 1.57 bits per heavy atom. The van der Waals surface area contributed by atoms with Crippen molar-refractivity contribution in [1.29, 1.82) is 0 Å². The molecule has 0 unspecified atom stereocenters. The Labute approximate surface area is 147 Å². The van der Waals surface area contributed by atoms with Crippen LogP contribution in [0.3, 0.4) is 0 Å². The maximum Gasteiger partial charge on any atom is 0.276 e. The quantitative estimate of drug-likeness (QED) is 0.806. The zero-order valence-corrected chi connectivity index (χ0v) is 13.9. The van der Waals surface area contributed by atoms with Crippen molar-refractivity contribution in [2.75, 3.05) is 6.61 Å². The topological polar surface area (TPSA) is 67.4 Å². The first-order valence-corrected chi connectivity index (χ1v) is 7.51. The van der Waals surface area contributed by atoms with Gasteiger partial charge in [0.1, 0.15) is 5.75 Å².